The second kappa shape index (κ2) is 6.71. The first-order valence-corrected chi connectivity index (χ1v) is 8.17. The van der Waals surface area contributed by atoms with Gasteiger partial charge in [-0.1, -0.05) is 12.1 Å². The Hall–Kier alpha value is -2.19. The van der Waals surface area contributed by atoms with Gasteiger partial charge in [-0.05, 0) is 48.6 Å². The Balaban J connectivity index is 2.30. The quantitative estimate of drug-likeness (QED) is 0.747. The van der Waals surface area contributed by atoms with Crippen molar-refractivity contribution >= 4 is 38.7 Å². The normalized spacial score (nSPS) is 10.8. The molecule has 2 rings (SSSR count). The molecule has 3 N–H and O–H groups in total. The van der Waals surface area contributed by atoms with E-state index in [0.717, 1.165) is 12.1 Å². The van der Waals surface area contributed by atoms with Gasteiger partial charge < -0.3 is 10.6 Å². The van der Waals surface area contributed by atoms with Crippen LogP contribution in [0.1, 0.15) is 0 Å². The minimum Gasteiger partial charge on any atom is -0.366 e. The molecule has 0 aliphatic rings. The summed E-state index contributed by atoms with van der Waals surface area (Å²) in [7, 11) is -2.16. The van der Waals surface area contributed by atoms with Gasteiger partial charge in [-0.15, -0.1) is 0 Å². The van der Waals surface area contributed by atoms with Crippen LogP contribution in [0.2, 0.25) is 0 Å². The predicted octanol–water partition coefficient (Wildman–Crippen LogP) is 2.54. The molecular formula is C14H14FN3O2S2. The minimum absolute atomic E-state index is 0.0279. The van der Waals surface area contributed by atoms with Gasteiger partial charge in [-0.3, -0.25) is 4.72 Å². The Kier molecular flexibility index (Phi) is 4.94. The zero-order valence-electron chi connectivity index (χ0n) is 11.6. The summed E-state index contributed by atoms with van der Waals surface area (Å²) in [4.78, 5) is -0.0279. The van der Waals surface area contributed by atoms with E-state index in [1.807, 2.05) is 0 Å². The van der Waals surface area contributed by atoms with Crippen LogP contribution >= 0.6 is 12.2 Å². The van der Waals surface area contributed by atoms with E-state index in [4.69, 9.17) is 12.2 Å². The van der Waals surface area contributed by atoms with Crippen molar-refractivity contribution in [3.63, 3.8) is 0 Å². The van der Waals surface area contributed by atoms with E-state index in [-0.39, 0.29) is 4.90 Å². The fourth-order valence-corrected chi connectivity index (χ4v) is 2.87. The second-order valence-electron chi connectivity index (χ2n) is 4.31. The lowest BCUT2D eigenvalue weighted by atomic mass is 10.3. The van der Waals surface area contributed by atoms with Gasteiger partial charge in [0.25, 0.3) is 10.0 Å². The summed E-state index contributed by atoms with van der Waals surface area (Å²) in [5.74, 6) is -0.500. The van der Waals surface area contributed by atoms with Crippen molar-refractivity contribution in [3.8, 4) is 0 Å². The molecule has 2 aromatic carbocycles. The van der Waals surface area contributed by atoms with Crippen LogP contribution in [0.25, 0.3) is 0 Å². The molecule has 22 heavy (non-hydrogen) atoms. The molecule has 0 heterocycles. The Morgan fingerprint density at radius 2 is 1.64 bits per heavy atom. The maximum Gasteiger partial charge on any atom is 0.261 e. The van der Waals surface area contributed by atoms with Crippen molar-refractivity contribution in [1.29, 1.82) is 0 Å². The zero-order chi connectivity index (χ0) is 16.2. The van der Waals surface area contributed by atoms with Crippen molar-refractivity contribution in [2.24, 2.45) is 0 Å². The molecule has 0 atom stereocenters. The third-order valence-corrected chi connectivity index (χ3v) is 4.46. The van der Waals surface area contributed by atoms with Crippen LogP contribution in [-0.4, -0.2) is 20.6 Å². The molecule has 0 amide bonds. The fourth-order valence-electron chi connectivity index (χ4n) is 1.68. The summed E-state index contributed by atoms with van der Waals surface area (Å²) in [6.45, 7) is 0. The Morgan fingerprint density at radius 3 is 2.23 bits per heavy atom. The highest BCUT2D eigenvalue weighted by Gasteiger charge is 2.16. The van der Waals surface area contributed by atoms with E-state index < -0.39 is 15.8 Å². The number of halogens is 1. The molecule has 0 saturated heterocycles. The van der Waals surface area contributed by atoms with E-state index in [2.05, 4.69) is 15.4 Å². The standard InChI is InChI=1S/C14H14FN3O2S2/c1-16-14(21)17-12-4-2-3-5-13(12)18-22(19,20)11-8-6-10(15)7-9-11/h2-9,18H,1H3,(H2,16,17,21). The van der Waals surface area contributed by atoms with Crippen LogP contribution in [0.5, 0.6) is 0 Å². The molecule has 8 heteroatoms. The molecule has 0 radical (unpaired) electrons. The molecule has 116 valence electrons. The van der Waals surface area contributed by atoms with E-state index in [9.17, 15) is 12.8 Å². The number of hydrogen-bond donors (Lipinski definition) is 3. The van der Waals surface area contributed by atoms with Gasteiger partial charge in [0, 0.05) is 7.05 Å². The molecule has 2 aromatic rings. The highest BCUT2D eigenvalue weighted by Crippen LogP contribution is 2.24. The molecule has 0 aliphatic heterocycles. The predicted molar refractivity (Wildman–Crippen MR) is 88.9 cm³/mol. The highest BCUT2D eigenvalue weighted by molar-refractivity contribution is 7.92. The average Bonchev–Trinajstić information content (AvgIpc) is 2.49. The number of sulfonamides is 1. The van der Waals surface area contributed by atoms with Gasteiger partial charge in [0.2, 0.25) is 0 Å². The number of nitrogens with one attached hydrogen (secondary N) is 3. The first-order valence-electron chi connectivity index (χ1n) is 6.28. The van der Waals surface area contributed by atoms with Gasteiger partial charge in [0.15, 0.2) is 5.11 Å². The highest BCUT2D eigenvalue weighted by atomic mass is 32.2. The summed E-state index contributed by atoms with van der Waals surface area (Å²) in [5, 5.41) is 5.97. The van der Waals surface area contributed by atoms with Crippen molar-refractivity contribution in [1.82, 2.24) is 5.32 Å². The summed E-state index contributed by atoms with van der Waals surface area (Å²) >= 11 is 5.00. The molecular weight excluding hydrogens is 325 g/mol. The molecule has 0 unspecified atom stereocenters. The van der Waals surface area contributed by atoms with Crippen molar-refractivity contribution in [2.75, 3.05) is 17.1 Å². The van der Waals surface area contributed by atoms with Crippen LogP contribution in [0.3, 0.4) is 0 Å². The molecule has 0 saturated carbocycles. The topological polar surface area (TPSA) is 70.2 Å². The number of rotatable bonds is 4. The number of thiocarbonyl (C=S) groups is 1. The number of benzene rings is 2. The Labute approximate surface area is 133 Å². The molecule has 5 nitrogen and oxygen atoms in total. The summed E-state index contributed by atoms with van der Waals surface area (Å²) in [6, 6.07) is 11.3. The first-order chi connectivity index (χ1) is 10.4. The maximum atomic E-state index is 12.9. The lowest BCUT2D eigenvalue weighted by molar-refractivity contribution is 0.599. The van der Waals surface area contributed by atoms with Crippen molar-refractivity contribution in [2.45, 2.75) is 4.90 Å². The summed E-state index contributed by atoms with van der Waals surface area (Å²) < 4.78 is 40.0. The van der Waals surface area contributed by atoms with E-state index >= 15 is 0 Å². The molecule has 0 spiro atoms. The lowest BCUT2D eigenvalue weighted by Crippen LogP contribution is -2.25. The van der Waals surface area contributed by atoms with Gasteiger partial charge >= 0.3 is 0 Å². The average molecular weight is 339 g/mol. The third-order valence-electron chi connectivity index (χ3n) is 2.77. The molecule has 0 aliphatic carbocycles. The third kappa shape index (κ3) is 3.92. The van der Waals surface area contributed by atoms with Crippen LogP contribution < -0.4 is 15.4 Å². The van der Waals surface area contributed by atoms with Crippen molar-refractivity contribution < 1.29 is 12.8 Å². The van der Waals surface area contributed by atoms with E-state index in [1.165, 1.54) is 12.1 Å². The van der Waals surface area contributed by atoms with Crippen LogP contribution in [0, 0.1) is 5.82 Å². The van der Waals surface area contributed by atoms with Crippen LogP contribution in [-0.2, 0) is 10.0 Å². The minimum atomic E-state index is -3.82. The second-order valence-corrected chi connectivity index (χ2v) is 6.40. The molecule has 0 aromatic heterocycles. The Morgan fingerprint density at radius 1 is 1.05 bits per heavy atom. The smallest absolute Gasteiger partial charge is 0.261 e. The fraction of sp³-hybridized carbons (Fsp3) is 0.0714. The Bertz CT molecular complexity index is 777. The zero-order valence-corrected chi connectivity index (χ0v) is 13.3. The summed E-state index contributed by atoms with van der Waals surface area (Å²) in [6.07, 6.45) is 0. The summed E-state index contributed by atoms with van der Waals surface area (Å²) in [5.41, 5.74) is 0.844. The maximum absolute atomic E-state index is 12.9. The molecule has 0 bridgehead atoms. The van der Waals surface area contributed by atoms with Gasteiger partial charge in [0.05, 0.1) is 16.3 Å². The molecule has 0 fully saturated rings. The lowest BCUT2D eigenvalue weighted by Gasteiger charge is -2.14. The SMILES string of the molecule is CNC(=S)Nc1ccccc1NS(=O)(=O)c1ccc(F)cc1. The van der Waals surface area contributed by atoms with Gasteiger partial charge in [-0.25, -0.2) is 12.8 Å². The van der Waals surface area contributed by atoms with Gasteiger partial charge in [0.1, 0.15) is 5.82 Å². The van der Waals surface area contributed by atoms with Crippen LogP contribution in [0.15, 0.2) is 53.4 Å². The van der Waals surface area contributed by atoms with E-state index in [0.29, 0.717) is 16.5 Å². The number of anilines is 2. The van der Waals surface area contributed by atoms with Crippen molar-refractivity contribution in [3.05, 3.63) is 54.3 Å². The van der Waals surface area contributed by atoms with Crippen LogP contribution in [0.4, 0.5) is 15.8 Å². The number of hydrogen-bond acceptors (Lipinski definition) is 3. The first kappa shape index (κ1) is 16.2. The number of para-hydroxylation sites is 2. The van der Waals surface area contributed by atoms with E-state index in [1.54, 1.807) is 31.3 Å². The largest absolute Gasteiger partial charge is 0.366 e. The van der Waals surface area contributed by atoms with Gasteiger partial charge in [-0.2, -0.15) is 0 Å². The monoisotopic (exact) mass is 339 g/mol.